The van der Waals surface area contributed by atoms with Gasteiger partial charge in [0.2, 0.25) is 0 Å². The van der Waals surface area contributed by atoms with Crippen molar-refractivity contribution in [3.63, 3.8) is 0 Å². The highest BCUT2D eigenvalue weighted by molar-refractivity contribution is 5.93. The second-order valence-corrected chi connectivity index (χ2v) is 7.58. The first-order valence-corrected chi connectivity index (χ1v) is 10.0. The Bertz CT molecular complexity index is 1180. The maximum Gasteiger partial charge on any atom is 0.405 e. The van der Waals surface area contributed by atoms with Gasteiger partial charge in [0.15, 0.2) is 23.2 Å². The summed E-state index contributed by atoms with van der Waals surface area (Å²) in [7, 11) is 0. The molecule has 0 saturated carbocycles. The molecule has 0 aliphatic carbocycles. The minimum atomic E-state index is -4.49. The molecule has 4 rings (SSSR count). The molecule has 0 amide bonds. The van der Waals surface area contributed by atoms with Gasteiger partial charge in [-0.25, -0.2) is 18.7 Å². The van der Waals surface area contributed by atoms with E-state index in [-0.39, 0.29) is 48.4 Å². The van der Waals surface area contributed by atoms with Crippen LogP contribution in [0, 0.1) is 11.6 Å². The molecule has 1 fully saturated rings. The molecule has 1 saturated heterocycles. The predicted octanol–water partition coefficient (Wildman–Crippen LogP) is 3.21. The van der Waals surface area contributed by atoms with Gasteiger partial charge >= 0.3 is 6.18 Å². The van der Waals surface area contributed by atoms with Crippen LogP contribution in [-0.2, 0) is 6.54 Å². The van der Waals surface area contributed by atoms with Gasteiger partial charge in [0, 0.05) is 32.1 Å². The number of nitrogens with zero attached hydrogens (tertiary/aromatic N) is 5. The zero-order valence-electron chi connectivity index (χ0n) is 17.4. The average molecular weight is 466 g/mol. The van der Waals surface area contributed by atoms with E-state index in [0.717, 1.165) is 6.20 Å². The second kappa shape index (κ2) is 8.85. The Morgan fingerprint density at radius 2 is 1.97 bits per heavy atom. The molecule has 1 aliphatic heterocycles. The number of alkyl halides is 3. The van der Waals surface area contributed by atoms with Gasteiger partial charge in [0.1, 0.15) is 23.2 Å². The van der Waals surface area contributed by atoms with Gasteiger partial charge in [-0.3, -0.25) is 9.48 Å². The van der Waals surface area contributed by atoms with Crippen LogP contribution in [-0.4, -0.2) is 57.4 Å². The fourth-order valence-electron chi connectivity index (χ4n) is 3.58. The molecule has 1 unspecified atom stereocenters. The lowest BCUT2D eigenvalue weighted by molar-refractivity contribution is -0.155. The van der Waals surface area contributed by atoms with Crippen molar-refractivity contribution in [1.29, 1.82) is 0 Å². The van der Waals surface area contributed by atoms with Crippen molar-refractivity contribution in [2.24, 2.45) is 0 Å². The summed E-state index contributed by atoms with van der Waals surface area (Å²) in [6.45, 7) is 0.862. The van der Waals surface area contributed by atoms with Crippen LogP contribution in [0.1, 0.15) is 23.0 Å². The number of carbonyl (C=O) groups is 1. The summed E-state index contributed by atoms with van der Waals surface area (Å²) < 4.78 is 69.2. The van der Waals surface area contributed by atoms with Crippen LogP contribution in [0.25, 0.3) is 11.5 Å². The number of piperazine rings is 1. The van der Waals surface area contributed by atoms with Gasteiger partial charge in [-0.05, 0) is 12.1 Å². The van der Waals surface area contributed by atoms with Gasteiger partial charge in [-0.1, -0.05) is 18.2 Å². The van der Waals surface area contributed by atoms with Gasteiger partial charge in [-0.15, -0.1) is 0 Å². The molecule has 1 aliphatic rings. The fourth-order valence-corrected chi connectivity index (χ4v) is 3.58. The molecular weight excluding hydrogens is 447 g/mol. The topological polar surface area (TPSA) is 75.9 Å². The van der Waals surface area contributed by atoms with Crippen molar-refractivity contribution < 1.29 is 26.7 Å². The van der Waals surface area contributed by atoms with Gasteiger partial charge < -0.3 is 10.2 Å². The van der Waals surface area contributed by atoms with Crippen LogP contribution in [0.4, 0.5) is 27.8 Å². The number of rotatable bonds is 5. The van der Waals surface area contributed by atoms with E-state index < -0.39 is 30.4 Å². The van der Waals surface area contributed by atoms with Crippen molar-refractivity contribution >= 4 is 11.6 Å². The van der Waals surface area contributed by atoms with Crippen LogP contribution in [0.5, 0.6) is 0 Å². The minimum absolute atomic E-state index is 0.00525. The molecule has 3 aromatic rings. The SMILES string of the molecule is CC(=O)c1cc(-c2ncc(F)c(N3CCNC(C(F)(F)F)C3)n2)nn1Cc1ccccc1F. The van der Waals surface area contributed by atoms with Crippen molar-refractivity contribution in [1.82, 2.24) is 25.1 Å². The first-order chi connectivity index (χ1) is 15.6. The summed E-state index contributed by atoms with van der Waals surface area (Å²) in [4.78, 5) is 21.3. The summed E-state index contributed by atoms with van der Waals surface area (Å²) in [6.07, 6.45) is -3.64. The molecular formula is C21H19F5N6O. The van der Waals surface area contributed by atoms with Gasteiger partial charge in [-0.2, -0.15) is 18.3 Å². The van der Waals surface area contributed by atoms with Gasteiger partial charge in [0.05, 0.1) is 12.7 Å². The predicted molar refractivity (Wildman–Crippen MR) is 109 cm³/mol. The van der Waals surface area contributed by atoms with Crippen LogP contribution < -0.4 is 10.2 Å². The number of nitrogens with one attached hydrogen (secondary N) is 1. The van der Waals surface area contributed by atoms with Crippen LogP contribution in [0.3, 0.4) is 0 Å². The van der Waals surface area contributed by atoms with Crippen LogP contribution in [0.2, 0.25) is 0 Å². The summed E-state index contributed by atoms with van der Waals surface area (Å²) in [5.74, 6) is -2.05. The Balaban J connectivity index is 1.67. The Kier molecular flexibility index (Phi) is 6.11. The van der Waals surface area contributed by atoms with E-state index >= 15 is 0 Å². The zero-order valence-corrected chi connectivity index (χ0v) is 17.4. The number of Topliss-reactive ketones (excluding diaryl/α,β-unsaturated/α-hetero) is 1. The lowest BCUT2D eigenvalue weighted by Gasteiger charge is -2.35. The molecule has 0 spiro atoms. The molecule has 0 bridgehead atoms. The number of ketones is 1. The average Bonchev–Trinajstić information content (AvgIpc) is 3.19. The maximum absolute atomic E-state index is 14.4. The third-order valence-corrected chi connectivity index (χ3v) is 5.24. The molecule has 1 aromatic carbocycles. The molecule has 12 heteroatoms. The van der Waals surface area contributed by atoms with E-state index in [1.807, 2.05) is 0 Å². The monoisotopic (exact) mass is 466 g/mol. The zero-order chi connectivity index (χ0) is 23.8. The first-order valence-electron chi connectivity index (χ1n) is 10.0. The van der Waals surface area contributed by atoms with Crippen molar-refractivity contribution in [2.45, 2.75) is 25.7 Å². The number of carbonyl (C=O) groups excluding carboxylic acids is 1. The molecule has 174 valence electrons. The largest absolute Gasteiger partial charge is 0.405 e. The molecule has 7 nitrogen and oxygen atoms in total. The normalized spacial score (nSPS) is 16.8. The Morgan fingerprint density at radius 3 is 2.67 bits per heavy atom. The Hall–Kier alpha value is -3.41. The highest BCUT2D eigenvalue weighted by atomic mass is 19.4. The molecule has 2 aromatic heterocycles. The highest BCUT2D eigenvalue weighted by Gasteiger charge is 2.42. The highest BCUT2D eigenvalue weighted by Crippen LogP contribution is 2.27. The second-order valence-electron chi connectivity index (χ2n) is 7.58. The van der Waals surface area contributed by atoms with Crippen molar-refractivity contribution in [3.05, 3.63) is 59.4 Å². The van der Waals surface area contributed by atoms with E-state index in [4.69, 9.17) is 0 Å². The van der Waals surface area contributed by atoms with E-state index in [9.17, 15) is 26.7 Å². The Labute approximate surface area is 185 Å². The van der Waals surface area contributed by atoms with E-state index in [0.29, 0.717) is 5.56 Å². The molecule has 0 radical (unpaired) electrons. The molecule has 1 N–H and O–H groups in total. The fraction of sp³-hybridized carbons (Fsp3) is 0.333. The van der Waals surface area contributed by atoms with E-state index in [1.165, 1.54) is 34.7 Å². The molecule has 1 atom stereocenters. The number of aromatic nitrogens is 4. The molecule has 33 heavy (non-hydrogen) atoms. The lowest BCUT2D eigenvalue weighted by atomic mass is 10.2. The van der Waals surface area contributed by atoms with E-state index in [1.54, 1.807) is 12.1 Å². The summed E-state index contributed by atoms with van der Waals surface area (Å²) >= 11 is 0. The van der Waals surface area contributed by atoms with Crippen molar-refractivity contribution in [3.8, 4) is 11.5 Å². The number of hydrogen-bond donors (Lipinski definition) is 1. The number of benzene rings is 1. The van der Waals surface area contributed by atoms with Crippen LogP contribution >= 0.6 is 0 Å². The summed E-state index contributed by atoms with van der Waals surface area (Å²) in [5, 5.41) is 6.64. The number of halogens is 5. The number of anilines is 1. The molecule has 3 heterocycles. The van der Waals surface area contributed by atoms with Crippen LogP contribution in [0.15, 0.2) is 36.5 Å². The third kappa shape index (κ3) is 4.85. The third-order valence-electron chi connectivity index (χ3n) is 5.24. The maximum atomic E-state index is 14.4. The smallest absolute Gasteiger partial charge is 0.351 e. The van der Waals surface area contributed by atoms with Crippen molar-refractivity contribution in [2.75, 3.05) is 24.5 Å². The van der Waals surface area contributed by atoms with E-state index in [2.05, 4.69) is 20.4 Å². The summed E-state index contributed by atoms with van der Waals surface area (Å²) in [5.41, 5.74) is 0.566. The minimum Gasteiger partial charge on any atom is -0.351 e. The summed E-state index contributed by atoms with van der Waals surface area (Å²) in [6, 6.07) is 5.57. The Morgan fingerprint density at radius 1 is 1.21 bits per heavy atom. The quantitative estimate of drug-likeness (QED) is 0.460. The first kappa shape index (κ1) is 22.8. The standard InChI is InChI=1S/C21H19F5N6O/c1-12(33)17-8-16(30-32(17)10-13-4-2-3-5-14(13)22)19-28-9-15(23)20(29-19)31-7-6-27-18(11-31)21(24,25)26/h2-5,8-9,18,27H,6-7,10-11H2,1H3. The van der Waals surface area contributed by atoms with Gasteiger partial charge in [0.25, 0.3) is 0 Å². The lowest BCUT2D eigenvalue weighted by Crippen LogP contribution is -2.57. The number of hydrogen-bond acceptors (Lipinski definition) is 6.